The summed E-state index contributed by atoms with van der Waals surface area (Å²) in [5.41, 5.74) is 1.00. The average Bonchev–Trinajstić information content (AvgIpc) is 3.77. The molecule has 4 rings (SSSR count). The molecule has 2 aliphatic heterocycles. The molecule has 2 aliphatic rings. The van der Waals surface area contributed by atoms with Crippen LogP contribution in [0.25, 0.3) is 5.69 Å². The van der Waals surface area contributed by atoms with E-state index in [2.05, 4.69) is 31.6 Å². The van der Waals surface area contributed by atoms with Crippen molar-refractivity contribution >= 4 is 59.6 Å². The number of rotatable bonds is 26. The molecule has 372 valence electrons. The lowest BCUT2D eigenvalue weighted by molar-refractivity contribution is -0.143. The first-order valence-corrected chi connectivity index (χ1v) is 21.9. The van der Waals surface area contributed by atoms with Crippen molar-refractivity contribution in [1.82, 2.24) is 46.1 Å². The molecule has 1 aromatic heterocycles. The first-order chi connectivity index (χ1) is 32.2. The molecule has 26 heteroatoms. The van der Waals surface area contributed by atoms with Crippen LogP contribution in [0.4, 0.5) is 9.18 Å². The van der Waals surface area contributed by atoms with Gasteiger partial charge in [-0.15, -0.1) is 5.10 Å². The van der Waals surface area contributed by atoms with Crippen LogP contribution in [0, 0.1) is 11.8 Å². The molecule has 0 spiro atoms. The quantitative estimate of drug-likeness (QED) is 0.0602. The molecule has 10 N–H and O–H groups in total. The highest BCUT2D eigenvalue weighted by atomic mass is 19.1. The Bertz CT molecular complexity index is 2170. The van der Waals surface area contributed by atoms with Gasteiger partial charge in [-0.05, 0) is 94.2 Å². The molecule has 0 bridgehead atoms. The van der Waals surface area contributed by atoms with E-state index < -0.39 is 116 Å². The predicted molar refractivity (Wildman–Crippen MR) is 229 cm³/mol. The fraction of sp³-hybridized carbons (Fsp3) is 0.571. The Hall–Kier alpha value is -7.25. The molecule has 2 aromatic rings. The summed E-state index contributed by atoms with van der Waals surface area (Å²) in [5.74, 6) is -10.4. The van der Waals surface area contributed by atoms with Gasteiger partial charge in [0.05, 0.1) is 30.8 Å². The molecule has 0 radical (unpaired) electrons. The van der Waals surface area contributed by atoms with Gasteiger partial charge in [0.1, 0.15) is 24.2 Å². The molecule has 0 saturated carbocycles. The summed E-state index contributed by atoms with van der Waals surface area (Å²) in [4.78, 5) is 125. The molecule has 5 amide bonds. The minimum absolute atomic E-state index is 0.00144. The van der Waals surface area contributed by atoms with Crippen molar-refractivity contribution in [3.05, 3.63) is 41.2 Å². The van der Waals surface area contributed by atoms with E-state index in [0.29, 0.717) is 37.1 Å². The van der Waals surface area contributed by atoms with Crippen molar-refractivity contribution in [2.24, 2.45) is 11.8 Å². The lowest BCUT2D eigenvalue weighted by Gasteiger charge is -2.34. The van der Waals surface area contributed by atoms with Crippen LogP contribution in [-0.2, 0) is 40.0 Å². The van der Waals surface area contributed by atoms with E-state index in [1.807, 2.05) is 0 Å². The molecule has 4 atom stereocenters. The van der Waals surface area contributed by atoms with Crippen molar-refractivity contribution in [2.75, 3.05) is 39.4 Å². The summed E-state index contributed by atoms with van der Waals surface area (Å²) in [6, 6.07) is -2.34. The number of aryl methyl sites for hydroxylation is 1. The SMILES string of the molecule is O=C(O)CCC(NCC(=O)N[C@H](CC1CCN(C(=O)c2cc(C(=O)N3CCC(C[C@H](NC(=O)NC(CCC(=O)O)C(=O)O)C(=O)O)CC3)cc(-n3cc(CCCF)nn3)c2)CC1)C(=O)O)C(=O)O. The number of hydrogen-bond donors (Lipinski definition) is 10. The van der Waals surface area contributed by atoms with Gasteiger partial charge < -0.3 is 56.4 Å². The minimum atomic E-state index is -1.57. The predicted octanol–water partition coefficient (Wildman–Crippen LogP) is 0.201. The summed E-state index contributed by atoms with van der Waals surface area (Å²) >= 11 is 0. The number of carbonyl (C=O) groups excluding carboxylic acids is 4. The van der Waals surface area contributed by atoms with Crippen LogP contribution in [-0.4, -0.2) is 179 Å². The summed E-state index contributed by atoms with van der Waals surface area (Å²) in [6.45, 7) is -0.448. The summed E-state index contributed by atoms with van der Waals surface area (Å²) in [7, 11) is 0. The number of urea groups is 1. The third-order valence-electron chi connectivity index (χ3n) is 11.7. The Labute approximate surface area is 387 Å². The number of benzene rings is 1. The van der Waals surface area contributed by atoms with Crippen LogP contribution >= 0.6 is 0 Å². The van der Waals surface area contributed by atoms with Crippen LogP contribution < -0.4 is 21.3 Å². The number of nitrogens with zero attached hydrogens (tertiary/aromatic N) is 5. The van der Waals surface area contributed by atoms with Crippen molar-refractivity contribution in [2.45, 2.75) is 101 Å². The van der Waals surface area contributed by atoms with Crippen molar-refractivity contribution in [3.63, 3.8) is 0 Å². The molecule has 68 heavy (non-hydrogen) atoms. The Balaban J connectivity index is 1.41. The maximum Gasteiger partial charge on any atom is 0.326 e. The van der Waals surface area contributed by atoms with Gasteiger partial charge in [0.25, 0.3) is 11.8 Å². The van der Waals surface area contributed by atoms with E-state index in [1.54, 1.807) is 6.20 Å². The Morgan fingerprint density at radius 3 is 1.54 bits per heavy atom. The average molecular weight is 962 g/mol. The van der Waals surface area contributed by atoms with E-state index in [1.165, 1.54) is 32.7 Å². The van der Waals surface area contributed by atoms with E-state index in [4.69, 9.17) is 10.2 Å². The van der Waals surface area contributed by atoms with Gasteiger partial charge in [-0.1, -0.05) is 5.21 Å². The number of carboxylic acids is 6. The Kier molecular flexibility index (Phi) is 20.1. The highest BCUT2D eigenvalue weighted by Crippen LogP contribution is 2.27. The first kappa shape index (κ1) is 53.4. The topological polar surface area (TPSA) is 377 Å². The van der Waals surface area contributed by atoms with E-state index in [9.17, 15) is 72.8 Å². The number of carbonyl (C=O) groups is 10. The number of piperidine rings is 2. The van der Waals surface area contributed by atoms with E-state index >= 15 is 0 Å². The normalized spacial score (nSPS) is 16.1. The van der Waals surface area contributed by atoms with Crippen LogP contribution in [0.2, 0.25) is 0 Å². The highest BCUT2D eigenvalue weighted by Gasteiger charge is 2.33. The molecular weight excluding hydrogens is 906 g/mol. The number of likely N-dealkylation sites (tertiary alicyclic amines) is 2. The first-order valence-electron chi connectivity index (χ1n) is 21.9. The number of nitrogens with one attached hydrogen (secondary N) is 4. The van der Waals surface area contributed by atoms with Crippen molar-refractivity contribution < 1.29 is 83.0 Å². The zero-order valence-electron chi connectivity index (χ0n) is 36.9. The third kappa shape index (κ3) is 16.6. The zero-order chi connectivity index (χ0) is 50.1. The van der Waals surface area contributed by atoms with Gasteiger partial charge in [0, 0.05) is 50.1 Å². The van der Waals surface area contributed by atoms with Gasteiger partial charge in [0.15, 0.2) is 0 Å². The summed E-state index contributed by atoms with van der Waals surface area (Å²) in [6.07, 6.45) is 1.56. The van der Waals surface area contributed by atoms with Gasteiger partial charge in [-0.25, -0.2) is 23.9 Å². The molecule has 2 unspecified atom stereocenters. The van der Waals surface area contributed by atoms with Gasteiger partial charge >= 0.3 is 41.8 Å². The molecular formula is C42H56FN9O16. The molecule has 1 aromatic carbocycles. The van der Waals surface area contributed by atoms with Crippen LogP contribution in [0.15, 0.2) is 24.4 Å². The number of aromatic nitrogens is 3. The third-order valence-corrected chi connectivity index (χ3v) is 11.7. The standard InChI is InChI=1S/C42H56FN9O16/c43-11-1-2-27-22-52(49-48-27)28-19-25(36(58)50-12-7-23(8-13-50)16-31(40(64)65)45-33(53)21-44-29(38(60)61)3-5-34(54)55)18-26(20-28)37(59)51-14-9-24(10-15-51)17-32(41(66)67)47-42(68)46-30(39(62)63)4-6-35(56)57/h18-20,22-24,29-32,44H,1-17,21H2,(H,45,53)(H,54,55)(H,56,57)(H,60,61)(H,62,63)(H,64,65)(H,66,67)(H2,46,47,68)/t29?,30?,31-,32+/m1/s1. The maximum absolute atomic E-state index is 14.1. The number of alkyl halides is 1. The van der Waals surface area contributed by atoms with Gasteiger partial charge in [-0.2, -0.15) is 0 Å². The fourth-order valence-electron chi connectivity index (χ4n) is 7.92. The smallest absolute Gasteiger partial charge is 0.326 e. The van der Waals surface area contributed by atoms with Gasteiger partial charge in [-0.3, -0.25) is 38.5 Å². The lowest BCUT2D eigenvalue weighted by atomic mass is 9.89. The summed E-state index contributed by atoms with van der Waals surface area (Å²) in [5, 5.41) is 73.4. The number of aliphatic carboxylic acids is 6. The molecule has 0 aliphatic carbocycles. The Morgan fingerprint density at radius 2 is 1.09 bits per heavy atom. The van der Waals surface area contributed by atoms with E-state index in [-0.39, 0.29) is 81.2 Å². The largest absolute Gasteiger partial charge is 0.481 e. The van der Waals surface area contributed by atoms with Crippen LogP contribution in [0.3, 0.4) is 0 Å². The second kappa shape index (κ2) is 25.6. The minimum Gasteiger partial charge on any atom is -0.481 e. The second-order valence-corrected chi connectivity index (χ2v) is 16.7. The number of halogens is 1. The Morgan fingerprint density at radius 1 is 0.632 bits per heavy atom. The van der Waals surface area contributed by atoms with Crippen molar-refractivity contribution in [1.29, 1.82) is 0 Å². The van der Waals surface area contributed by atoms with Crippen LogP contribution in [0.5, 0.6) is 0 Å². The second-order valence-electron chi connectivity index (χ2n) is 16.7. The number of carboxylic acid groups (broad SMARTS) is 6. The molecule has 25 nitrogen and oxygen atoms in total. The van der Waals surface area contributed by atoms with Crippen molar-refractivity contribution in [3.8, 4) is 5.69 Å². The van der Waals surface area contributed by atoms with Gasteiger partial charge in [0.2, 0.25) is 5.91 Å². The highest BCUT2D eigenvalue weighted by molar-refractivity contribution is 6.00. The zero-order valence-corrected chi connectivity index (χ0v) is 36.9. The molecule has 3 heterocycles. The maximum atomic E-state index is 14.1. The lowest BCUT2D eigenvalue weighted by Crippen LogP contribution is -2.52. The monoisotopic (exact) mass is 961 g/mol. The molecule has 2 saturated heterocycles. The van der Waals surface area contributed by atoms with E-state index in [0.717, 1.165) is 0 Å². The fourth-order valence-corrected chi connectivity index (χ4v) is 7.92. The molecule has 2 fully saturated rings. The number of amides is 5. The van der Waals surface area contributed by atoms with Crippen LogP contribution in [0.1, 0.15) is 97.0 Å². The number of hydrogen-bond acceptors (Lipinski definition) is 13. The summed E-state index contributed by atoms with van der Waals surface area (Å²) < 4.78 is 14.3.